The van der Waals surface area contributed by atoms with Crippen LogP contribution < -0.4 is 5.32 Å². The summed E-state index contributed by atoms with van der Waals surface area (Å²) in [6, 6.07) is 0.506. The predicted molar refractivity (Wildman–Crippen MR) is 62.9 cm³/mol. The Morgan fingerprint density at radius 1 is 1.11 bits per heavy atom. The fourth-order valence-electron chi connectivity index (χ4n) is 2.08. The number of aromatic nitrogens is 1. The summed E-state index contributed by atoms with van der Waals surface area (Å²) in [6.45, 7) is 3.29. The second-order valence-electron chi connectivity index (χ2n) is 4.42. The number of hydrogen-bond acceptors (Lipinski definition) is 3. The molecule has 0 aromatic carbocycles. The molecule has 0 unspecified atom stereocenters. The van der Waals surface area contributed by atoms with Crippen LogP contribution in [0.25, 0.3) is 0 Å². The van der Waals surface area contributed by atoms with Crippen LogP contribution in [0, 0.1) is 17.6 Å². The van der Waals surface area contributed by atoms with Gasteiger partial charge in [-0.25, -0.2) is 8.78 Å². The molecule has 100 valence electrons. The minimum atomic E-state index is -1.28. The molecule has 1 aromatic heterocycles. The van der Waals surface area contributed by atoms with Crippen LogP contribution in [0.1, 0.15) is 19.3 Å². The molecule has 0 atom stereocenters. The van der Waals surface area contributed by atoms with Gasteiger partial charge in [0.05, 0.1) is 0 Å². The molecule has 0 amide bonds. The van der Waals surface area contributed by atoms with Crippen molar-refractivity contribution in [1.82, 2.24) is 9.88 Å². The van der Waals surface area contributed by atoms with Crippen molar-refractivity contribution >= 4 is 5.82 Å². The third kappa shape index (κ3) is 3.35. The van der Waals surface area contributed by atoms with Crippen molar-refractivity contribution in [1.29, 1.82) is 0 Å². The normalized spacial score (nSPS) is 16.8. The highest BCUT2D eigenvalue weighted by atomic mass is 19.2. The van der Waals surface area contributed by atoms with Crippen LogP contribution in [0.4, 0.5) is 19.0 Å². The Labute approximate surface area is 104 Å². The van der Waals surface area contributed by atoms with E-state index in [0.717, 1.165) is 19.6 Å². The van der Waals surface area contributed by atoms with Gasteiger partial charge in [0.2, 0.25) is 0 Å². The summed E-state index contributed by atoms with van der Waals surface area (Å²) in [4.78, 5) is 5.47. The van der Waals surface area contributed by atoms with Crippen LogP contribution in [0.5, 0.6) is 0 Å². The SMILES string of the molecule is Fc1cc(F)c(NCCN2CCCCC2)nc1F. The van der Waals surface area contributed by atoms with E-state index in [1.807, 2.05) is 0 Å². The molecule has 1 fully saturated rings. The Morgan fingerprint density at radius 3 is 2.56 bits per heavy atom. The van der Waals surface area contributed by atoms with Gasteiger partial charge in [-0.2, -0.15) is 9.37 Å². The topological polar surface area (TPSA) is 28.2 Å². The molecule has 1 saturated heterocycles. The summed E-state index contributed by atoms with van der Waals surface area (Å²) in [5.41, 5.74) is 0. The smallest absolute Gasteiger partial charge is 0.251 e. The minimum Gasteiger partial charge on any atom is -0.366 e. The zero-order valence-corrected chi connectivity index (χ0v) is 10.1. The number of halogens is 3. The lowest BCUT2D eigenvalue weighted by atomic mass is 10.1. The van der Waals surface area contributed by atoms with Gasteiger partial charge in [-0.15, -0.1) is 0 Å². The van der Waals surface area contributed by atoms with Gasteiger partial charge in [0.25, 0.3) is 5.95 Å². The summed E-state index contributed by atoms with van der Waals surface area (Å²) >= 11 is 0. The number of anilines is 1. The van der Waals surface area contributed by atoms with E-state index in [4.69, 9.17) is 0 Å². The summed E-state index contributed by atoms with van der Waals surface area (Å²) in [7, 11) is 0. The van der Waals surface area contributed by atoms with Gasteiger partial charge in [-0.1, -0.05) is 6.42 Å². The average molecular weight is 259 g/mol. The van der Waals surface area contributed by atoms with Gasteiger partial charge in [-0.05, 0) is 25.9 Å². The first-order valence-corrected chi connectivity index (χ1v) is 6.14. The molecule has 0 spiro atoms. The summed E-state index contributed by atoms with van der Waals surface area (Å²) in [6.07, 6.45) is 3.61. The summed E-state index contributed by atoms with van der Waals surface area (Å²) < 4.78 is 38.7. The van der Waals surface area contributed by atoms with Gasteiger partial charge in [0, 0.05) is 19.2 Å². The highest BCUT2D eigenvalue weighted by molar-refractivity contribution is 5.36. The Bertz CT molecular complexity index is 406. The molecule has 3 nitrogen and oxygen atoms in total. The van der Waals surface area contributed by atoms with Crippen molar-refractivity contribution in [2.45, 2.75) is 19.3 Å². The number of nitrogens with zero attached hydrogens (tertiary/aromatic N) is 2. The largest absolute Gasteiger partial charge is 0.366 e. The van der Waals surface area contributed by atoms with Crippen LogP contribution in [0.3, 0.4) is 0 Å². The van der Waals surface area contributed by atoms with Crippen molar-refractivity contribution in [3.63, 3.8) is 0 Å². The van der Waals surface area contributed by atoms with Crippen molar-refractivity contribution in [3.05, 3.63) is 23.6 Å². The van der Waals surface area contributed by atoms with Crippen molar-refractivity contribution in [2.24, 2.45) is 0 Å². The first kappa shape index (κ1) is 13.1. The van der Waals surface area contributed by atoms with E-state index >= 15 is 0 Å². The van der Waals surface area contributed by atoms with Crippen LogP contribution in [0.15, 0.2) is 6.07 Å². The molecule has 0 saturated carbocycles. The maximum Gasteiger partial charge on any atom is 0.251 e. The summed E-state index contributed by atoms with van der Waals surface area (Å²) in [5.74, 6) is -3.65. The number of rotatable bonds is 4. The van der Waals surface area contributed by atoms with E-state index in [-0.39, 0.29) is 5.82 Å². The van der Waals surface area contributed by atoms with E-state index < -0.39 is 17.6 Å². The summed E-state index contributed by atoms with van der Waals surface area (Å²) in [5, 5.41) is 2.69. The highest BCUT2D eigenvalue weighted by Gasteiger charge is 2.12. The van der Waals surface area contributed by atoms with Gasteiger partial charge in [-0.3, -0.25) is 0 Å². The van der Waals surface area contributed by atoms with E-state index in [1.165, 1.54) is 19.3 Å². The predicted octanol–water partition coefficient (Wildman–Crippen LogP) is 2.40. The molecule has 6 heteroatoms. The number of nitrogens with one attached hydrogen (secondary N) is 1. The lowest BCUT2D eigenvalue weighted by Gasteiger charge is -2.26. The Kier molecular flexibility index (Phi) is 4.41. The average Bonchev–Trinajstić information content (AvgIpc) is 2.37. The highest BCUT2D eigenvalue weighted by Crippen LogP contribution is 2.14. The Balaban J connectivity index is 1.84. The lowest BCUT2D eigenvalue weighted by molar-refractivity contribution is 0.237. The quantitative estimate of drug-likeness (QED) is 0.842. The van der Waals surface area contributed by atoms with E-state index in [2.05, 4.69) is 15.2 Å². The van der Waals surface area contributed by atoms with Crippen LogP contribution >= 0.6 is 0 Å². The van der Waals surface area contributed by atoms with Crippen LogP contribution in [0.2, 0.25) is 0 Å². The first-order valence-electron chi connectivity index (χ1n) is 6.14. The van der Waals surface area contributed by atoms with Gasteiger partial charge in [0.1, 0.15) is 0 Å². The molecule has 2 heterocycles. The molecule has 2 rings (SSSR count). The molecule has 0 aliphatic carbocycles. The lowest BCUT2D eigenvalue weighted by Crippen LogP contribution is -2.33. The van der Waals surface area contributed by atoms with Crippen molar-refractivity contribution < 1.29 is 13.2 Å². The molecule has 1 N–H and O–H groups in total. The number of likely N-dealkylation sites (tertiary alicyclic amines) is 1. The molecular formula is C12H16F3N3. The van der Waals surface area contributed by atoms with Gasteiger partial charge in [0.15, 0.2) is 17.5 Å². The second kappa shape index (κ2) is 6.04. The molecule has 18 heavy (non-hydrogen) atoms. The number of pyridine rings is 1. The number of piperidine rings is 1. The standard InChI is InChI=1S/C12H16F3N3/c13-9-8-10(14)12(17-11(9)15)16-4-7-18-5-2-1-3-6-18/h8H,1-7H2,(H,16,17). The van der Waals surface area contributed by atoms with Crippen LogP contribution in [-0.4, -0.2) is 36.1 Å². The van der Waals surface area contributed by atoms with Crippen LogP contribution in [-0.2, 0) is 0 Å². The molecule has 1 aliphatic rings. The zero-order valence-electron chi connectivity index (χ0n) is 10.1. The maximum absolute atomic E-state index is 13.3. The minimum absolute atomic E-state index is 0.231. The van der Waals surface area contributed by atoms with Gasteiger partial charge < -0.3 is 10.2 Å². The fraction of sp³-hybridized carbons (Fsp3) is 0.583. The number of hydrogen-bond donors (Lipinski definition) is 1. The second-order valence-corrected chi connectivity index (χ2v) is 4.42. The molecule has 0 radical (unpaired) electrons. The fourth-order valence-corrected chi connectivity index (χ4v) is 2.08. The molecule has 1 aliphatic heterocycles. The Morgan fingerprint density at radius 2 is 1.83 bits per heavy atom. The van der Waals surface area contributed by atoms with E-state index in [1.54, 1.807) is 0 Å². The van der Waals surface area contributed by atoms with E-state index in [9.17, 15) is 13.2 Å². The van der Waals surface area contributed by atoms with E-state index in [0.29, 0.717) is 12.6 Å². The third-order valence-corrected chi connectivity index (χ3v) is 3.06. The molecule has 0 bridgehead atoms. The molecule has 1 aromatic rings. The first-order chi connectivity index (χ1) is 8.66. The zero-order chi connectivity index (χ0) is 13.0. The van der Waals surface area contributed by atoms with Gasteiger partial charge >= 0.3 is 0 Å². The van der Waals surface area contributed by atoms with Crippen molar-refractivity contribution in [3.8, 4) is 0 Å². The monoisotopic (exact) mass is 259 g/mol. The maximum atomic E-state index is 13.3. The third-order valence-electron chi connectivity index (χ3n) is 3.06. The Hall–Kier alpha value is -1.30. The van der Waals surface area contributed by atoms with Crippen molar-refractivity contribution in [2.75, 3.05) is 31.5 Å². The molecular weight excluding hydrogens is 243 g/mol.